The maximum atomic E-state index is 12.2. The van der Waals surface area contributed by atoms with Gasteiger partial charge in [0.15, 0.2) is 0 Å². The number of nitrogens with one attached hydrogen (secondary N) is 1. The van der Waals surface area contributed by atoms with E-state index in [0.717, 1.165) is 24.9 Å². The van der Waals surface area contributed by atoms with Crippen LogP contribution in [0.2, 0.25) is 0 Å². The predicted octanol–water partition coefficient (Wildman–Crippen LogP) is 3.90. The molecule has 2 atom stereocenters. The number of rotatable bonds is 7. The minimum Gasteiger partial charge on any atom is -0.328 e. The highest BCUT2D eigenvalue weighted by molar-refractivity contribution is 5.93. The minimum absolute atomic E-state index is 0.0222. The van der Waals surface area contributed by atoms with Gasteiger partial charge in [-0.15, -0.1) is 0 Å². The van der Waals surface area contributed by atoms with E-state index in [1.807, 2.05) is 32.0 Å². The van der Waals surface area contributed by atoms with Crippen LogP contribution >= 0.6 is 0 Å². The average Bonchev–Trinajstić information content (AvgIpc) is 2.38. The molecule has 20 heavy (non-hydrogen) atoms. The zero-order valence-electron chi connectivity index (χ0n) is 13.1. The van der Waals surface area contributed by atoms with Gasteiger partial charge in [-0.2, -0.15) is 0 Å². The Morgan fingerprint density at radius 3 is 2.40 bits per heavy atom. The molecule has 0 radical (unpaired) electrons. The molecule has 3 nitrogen and oxygen atoms in total. The Kier molecular flexibility index (Phi) is 6.73. The van der Waals surface area contributed by atoms with E-state index in [-0.39, 0.29) is 17.9 Å². The fourth-order valence-electron chi connectivity index (χ4n) is 2.25. The Hall–Kier alpha value is -1.35. The van der Waals surface area contributed by atoms with Crippen molar-refractivity contribution in [1.82, 2.24) is 0 Å². The van der Waals surface area contributed by atoms with Gasteiger partial charge in [0.25, 0.3) is 0 Å². The van der Waals surface area contributed by atoms with Crippen LogP contribution in [0.25, 0.3) is 0 Å². The number of amides is 1. The number of anilines is 1. The molecule has 0 saturated carbocycles. The first kappa shape index (κ1) is 16.7. The Morgan fingerprint density at radius 2 is 1.80 bits per heavy atom. The van der Waals surface area contributed by atoms with Gasteiger partial charge < -0.3 is 11.1 Å². The summed E-state index contributed by atoms with van der Waals surface area (Å²) >= 11 is 0. The summed E-state index contributed by atoms with van der Waals surface area (Å²) in [4.78, 5) is 12.2. The maximum Gasteiger partial charge on any atom is 0.227 e. The van der Waals surface area contributed by atoms with Crippen molar-refractivity contribution in [1.29, 1.82) is 0 Å². The molecule has 0 aliphatic rings. The van der Waals surface area contributed by atoms with Gasteiger partial charge in [0.1, 0.15) is 0 Å². The van der Waals surface area contributed by atoms with Crippen molar-refractivity contribution < 1.29 is 4.79 Å². The maximum absolute atomic E-state index is 12.2. The Balaban J connectivity index is 2.57. The number of hydrogen-bond donors (Lipinski definition) is 2. The van der Waals surface area contributed by atoms with Crippen LogP contribution in [0.5, 0.6) is 0 Å². The third-order valence-electron chi connectivity index (χ3n) is 3.58. The Morgan fingerprint density at radius 1 is 1.15 bits per heavy atom. The van der Waals surface area contributed by atoms with E-state index in [9.17, 15) is 4.79 Å². The van der Waals surface area contributed by atoms with Crippen LogP contribution in [0.3, 0.4) is 0 Å². The van der Waals surface area contributed by atoms with Crippen molar-refractivity contribution in [2.24, 2.45) is 11.7 Å². The molecule has 1 aromatic carbocycles. The van der Waals surface area contributed by atoms with Gasteiger partial charge in [0.05, 0.1) is 0 Å². The number of carbonyl (C=O) groups excluding carboxylic acids is 1. The second kappa shape index (κ2) is 8.05. The minimum atomic E-state index is 0.0222. The molecular formula is C17H28N2O. The highest BCUT2D eigenvalue weighted by atomic mass is 16.1. The van der Waals surface area contributed by atoms with Crippen LogP contribution in [-0.2, 0) is 4.79 Å². The highest BCUT2D eigenvalue weighted by Crippen LogP contribution is 2.24. The molecule has 2 unspecified atom stereocenters. The normalized spacial score (nSPS) is 14.1. The van der Waals surface area contributed by atoms with Gasteiger partial charge >= 0.3 is 0 Å². The van der Waals surface area contributed by atoms with Crippen LogP contribution < -0.4 is 11.1 Å². The molecule has 0 aliphatic carbocycles. The van der Waals surface area contributed by atoms with Gasteiger partial charge in [-0.1, -0.05) is 45.4 Å². The van der Waals surface area contributed by atoms with Crippen molar-refractivity contribution in [2.75, 3.05) is 5.32 Å². The molecule has 3 N–H and O–H groups in total. The van der Waals surface area contributed by atoms with Gasteiger partial charge in [0, 0.05) is 17.6 Å². The molecule has 0 heterocycles. The first-order chi connectivity index (χ1) is 9.41. The number of nitrogens with two attached hydrogens (primary N) is 1. The van der Waals surface area contributed by atoms with Crippen LogP contribution in [0.4, 0.5) is 5.69 Å². The van der Waals surface area contributed by atoms with Crippen LogP contribution in [0.1, 0.15) is 58.4 Å². The molecule has 0 aliphatic heterocycles. The second-order valence-electron chi connectivity index (χ2n) is 6.04. The SMILES string of the molecule is CC(N)CCCC(C)C(=O)Nc1ccccc1C(C)C. The molecule has 0 fully saturated rings. The summed E-state index contributed by atoms with van der Waals surface area (Å²) in [5, 5.41) is 3.06. The first-order valence-electron chi connectivity index (χ1n) is 7.57. The zero-order valence-corrected chi connectivity index (χ0v) is 13.1. The molecule has 1 aromatic rings. The van der Waals surface area contributed by atoms with Gasteiger partial charge in [-0.3, -0.25) is 4.79 Å². The number of carbonyl (C=O) groups is 1. The van der Waals surface area contributed by atoms with Crippen molar-refractivity contribution in [2.45, 2.75) is 58.9 Å². The standard InChI is InChI=1S/C17H28N2O/c1-12(2)15-10-5-6-11-16(15)19-17(20)13(3)8-7-9-14(4)18/h5-6,10-14H,7-9,18H2,1-4H3,(H,19,20). The second-order valence-corrected chi connectivity index (χ2v) is 6.04. The molecule has 1 rings (SSSR count). The van der Waals surface area contributed by atoms with Gasteiger partial charge in [-0.05, 0) is 37.3 Å². The Labute approximate surface area is 122 Å². The quantitative estimate of drug-likeness (QED) is 0.793. The monoisotopic (exact) mass is 276 g/mol. The molecule has 1 amide bonds. The van der Waals surface area contributed by atoms with E-state index in [1.165, 1.54) is 5.56 Å². The summed E-state index contributed by atoms with van der Waals surface area (Å²) in [5.41, 5.74) is 7.85. The predicted molar refractivity (Wildman–Crippen MR) is 85.8 cm³/mol. The van der Waals surface area contributed by atoms with Crippen LogP contribution in [0, 0.1) is 5.92 Å². The van der Waals surface area contributed by atoms with Gasteiger partial charge in [-0.25, -0.2) is 0 Å². The molecule has 0 saturated heterocycles. The van der Waals surface area contributed by atoms with E-state index < -0.39 is 0 Å². The topological polar surface area (TPSA) is 55.1 Å². The third-order valence-corrected chi connectivity index (χ3v) is 3.58. The van der Waals surface area contributed by atoms with Crippen molar-refractivity contribution in [3.63, 3.8) is 0 Å². The third kappa shape index (κ3) is 5.33. The largest absolute Gasteiger partial charge is 0.328 e. The van der Waals surface area contributed by atoms with Gasteiger partial charge in [0.2, 0.25) is 5.91 Å². The summed E-state index contributed by atoms with van der Waals surface area (Å²) in [5.74, 6) is 0.525. The van der Waals surface area contributed by atoms with E-state index in [4.69, 9.17) is 5.73 Å². The van der Waals surface area contributed by atoms with Crippen molar-refractivity contribution >= 4 is 11.6 Å². The fourth-order valence-corrected chi connectivity index (χ4v) is 2.25. The van der Waals surface area contributed by atoms with E-state index in [2.05, 4.69) is 25.2 Å². The highest BCUT2D eigenvalue weighted by Gasteiger charge is 2.15. The summed E-state index contributed by atoms with van der Waals surface area (Å²) in [6.07, 6.45) is 2.86. The number of hydrogen-bond acceptors (Lipinski definition) is 2. The first-order valence-corrected chi connectivity index (χ1v) is 7.57. The van der Waals surface area contributed by atoms with Crippen LogP contribution in [-0.4, -0.2) is 11.9 Å². The van der Waals surface area contributed by atoms with E-state index in [0.29, 0.717) is 5.92 Å². The molecule has 0 bridgehead atoms. The molecule has 0 aromatic heterocycles. The number of benzene rings is 1. The zero-order chi connectivity index (χ0) is 15.1. The summed E-state index contributed by atoms with van der Waals surface area (Å²) in [6, 6.07) is 8.23. The van der Waals surface area contributed by atoms with E-state index in [1.54, 1.807) is 0 Å². The number of para-hydroxylation sites is 1. The van der Waals surface area contributed by atoms with Crippen molar-refractivity contribution in [3.05, 3.63) is 29.8 Å². The van der Waals surface area contributed by atoms with Crippen LogP contribution in [0.15, 0.2) is 24.3 Å². The smallest absolute Gasteiger partial charge is 0.227 e. The van der Waals surface area contributed by atoms with E-state index >= 15 is 0 Å². The lowest BCUT2D eigenvalue weighted by Crippen LogP contribution is -2.22. The lowest BCUT2D eigenvalue weighted by Gasteiger charge is -2.17. The lowest BCUT2D eigenvalue weighted by atomic mass is 9.99. The molecule has 3 heteroatoms. The molecule has 0 spiro atoms. The summed E-state index contributed by atoms with van der Waals surface area (Å²) in [7, 11) is 0. The summed E-state index contributed by atoms with van der Waals surface area (Å²) < 4.78 is 0. The van der Waals surface area contributed by atoms with Crippen molar-refractivity contribution in [3.8, 4) is 0 Å². The average molecular weight is 276 g/mol. The molecule has 112 valence electrons. The molecular weight excluding hydrogens is 248 g/mol. The summed E-state index contributed by atoms with van der Waals surface area (Å²) in [6.45, 7) is 8.26. The fraction of sp³-hybridized carbons (Fsp3) is 0.588. The lowest BCUT2D eigenvalue weighted by molar-refractivity contribution is -0.119. The Bertz CT molecular complexity index is 427.